The predicted octanol–water partition coefficient (Wildman–Crippen LogP) is 2.77. The minimum atomic E-state index is -0.852. The molecule has 0 radical (unpaired) electrons. The molecule has 0 amide bonds. The van der Waals surface area contributed by atoms with Gasteiger partial charge in [0.2, 0.25) is 0 Å². The van der Waals surface area contributed by atoms with E-state index in [9.17, 15) is 13.0 Å². The third-order valence-electron chi connectivity index (χ3n) is 3.02. The lowest BCUT2D eigenvalue weighted by molar-refractivity contribution is 0.471. The summed E-state index contributed by atoms with van der Waals surface area (Å²) in [4.78, 5) is 0. The lowest BCUT2D eigenvalue weighted by Gasteiger charge is -2.16. The first-order valence-electron chi connectivity index (χ1n) is 5.93. The van der Waals surface area contributed by atoms with E-state index in [-0.39, 0.29) is 11.3 Å². The highest BCUT2D eigenvalue weighted by molar-refractivity contribution is 7.84. The van der Waals surface area contributed by atoms with Gasteiger partial charge in [-0.05, 0) is 26.0 Å². The van der Waals surface area contributed by atoms with Crippen LogP contribution in [0.25, 0.3) is 0 Å². The number of benzene rings is 1. The molecular formula is C13H19F2NOS. The highest BCUT2D eigenvalue weighted by Crippen LogP contribution is 2.18. The molecule has 0 aromatic heterocycles. The smallest absolute Gasteiger partial charge is 0.163 e. The summed E-state index contributed by atoms with van der Waals surface area (Å²) in [5.74, 6) is -1.63. The van der Waals surface area contributed by atoms with Crippen LogP contribution in [-0.2, 0) is 10.8 Å². The molecule has 0 bridgehead atoms. The Morgan fingerprint density at radius 3 is 2.61 bits per heavy atom. The Balaban J connectivity index is 2.53. The van der Waals surface area contributed by atoms with Crippen molar-refractivity contribution >= 4 is 10.8 Å². The van der Waals surface area contributed by atoms with Gasteiger partial charge in [0.25, 0.3) is 0 Å². The van der Waals surface area contributed by atoms with Crippen molar-refractivity contribution in [2.45, 2.75) is 31.6 Å². The molecule has 5 heteroatoms. The second-order valence-electron chi connectivity index (χ2n) is 4.42. The highest BCUT2D eigenvalue weighted by atomic mass is 32.2. The molecule has 1 N–H and O–H groups in total. The summed E-state index contributed by atoms with van der Waals surface area (Å²) in [6.45, 7) is 4.31. The van der Waals surface area contributed by atoms with E-state index in [0.717, 1.165) is 12.5 Å². The summed E-state index contributed by atoms with van der Waals surface area (Å²) in [5, 5.41) is 3.21. The molecule has 1 aromatic carbocycles. The zero-order valence-electron chi connectivity index (χ0n) is 10.9. The van der Waals surface area contributed by atoms with Crippen LogP contribution in [0.3, 0.4) is 0 Å². The maximum Gasteiger partial charge on any atom is 0.163 e. The molecule has 3 atom stereocenters. The van der Waals surface area contributed by atoms with Gasteiger partial charge in [-0.15, -0.1) is 0 Å². The molecule has 0 fully saturated rings. The number of rotatable bonds is 6. The maximum atomic E-state index is 13.5. The van der Waals surface area contributed by atoms with Crippen LogP contribution in [0.4, 0.5) is 8.78 Å². The van der Waals surface area contributed by atoms with Crippen molar-refractivity contribution in [2.24, 2.45) is 0 Å². The van der Waals surface area contributed by atoms with Crippen LogP contribution < -0.4 is 5.32 Å². The van der Waals surface area contributed by atoms with Gasteiger partial charge in [-0.2, -0.15) is 0 Å². The third-order valence-corrected chi connectivity index (χ3v) is 4.38. The number of nitrogens with one attached hydrogen (secondary N) is 1. The fourth-order valence-corrected chi connectivity index (χ4v) is 2.08. The Hall–Kier alpha value is -0.810. The number of hydrogen-bond acceptors (Lipinski definition) is 2. The maximum absolute atomic E-state index is 13.5. The van der Waals surface area contributed by atoms with Gasteiger partial charge in [-0.1, -0.05) is 19.1 Å². The van der Waals surface area contributed by atoms with E-state index in [1.54, 1.807) is 19.2 Å². The van der Waals surface area contributed by atoms with Crippen LogP contribution in [0.2, 0.25) is 0 Å². The molecule has 1 aromatic rings. The molecule has 1 rings (SSSR count). The minimum Gasteiger partial charge on any atom is -0.310 e. The summed E-state index contributed by atoms with van der Waals surface area (Å²) in [5.41, 5.74) is 0.320. The first-order valence-corrected chi connectivity index (χ1v) is 7.55. The van der Waals surface area contributed by atoms with Gasteiger partial charge in [0.1, 0.15) is 0 Å². The van der Waals surface area contributed by atoms with Crippen molar-refractivity contribution in [3.63, 3.8) is 0 Å². The quantitative estimate of drug-likeness (QED) is 0.865. The van der Waals surface area contributed by atoms with Crippen LogP contribution >= 0.6 is 0 Å². The molecular weight excluding hydrogens is 256 g/mol. The Morgan fingerprint density at radius 1 is 1.33 bits per heavy atom. The van der Waals surface area contributed by atoms with Crippen LogP contribution in [0, 0.1) is 11.6 Å². The molecule has 18 heavy (non-hydrogen) atoms. The van der Waals surface area contributed by atoms with Gasteiger partial charge >= 0.3 is 0 Å². The van der Waals surface area contributed by atoms with E-state index in [1.165, 1.54) is 6.07 Å². The van der Waals surface area contributed by atoms with Gasteiger partial charge in [0.05, 0.1) is 0 Å². The number of halogens is 2. The van der Waals surface area contributed by atoms with Gasteiger partial charge in [-0.25, -0.2) is 8.78 Å². The lowest BCUT2D eigenvalue weighted by atomic mass is 10.1. The summed E-state index contributed by atoms with van der Waals surface area (Å²) in [6, 6.07) is 3.90. The van der Waals surface area contributed by atoms with E-state index in [1.807, 2.05) is 6.92 Å². The van der Waals surface area contributed by atoms with Crippen LogP contribution in [0.5, 0.6) is 0 Å². The zero-order chi connectivity index (χ0) is 13.7. The third kappa shape index (κ3) is 4.14. The summed E-state index contributed by atoms with van der Waals surface area (Å²) >= 11 is 0. The molecule has 0 aliphatic carbocycles. The van der Waals surface area contributed by atoms with Crippen LogP contribution in [0.15, 0.2) is 18.2 Å². The first-order chi connectivity index (χ1) is 8.43. The molecule has 0 heterocycles. The number of hydrogen-bond donors (Lipinski definition) is 1. The predicted molar refractivity (Wildman–Crippen MR) is 70.9 cm³/mol. The lowest BCUT2D eigenvalue weighted by Crippen LogP contribution is -2.24. The normalized spacial score (nSPS) is 16.3. The Labute approximate surface area is 109 Å². The standard InChI is InChI=1S/C13H19F2NOS/c1-9(18(3)17)7-8-16-10(2)11-5-4-6-12(14)13(11)15/h4-6,9-10,16H,7-8H2,1-3H3. The molecule has 0 saturated heterocycles. The van der Waals surface area contributed by atoms with Crippen molar-refractivity contribution in [2.75, 3.05) is 12.8 Å². The fourth-order valence-electron chi connectivity index (χ4n) is 1.63. The van der Waals surface area contributed by atoms with Gasteiger partial charge in [0, 0.05) is 33.9 Å². The Bertz CT molecular complexity index is 425. The van der Waals surface area contributed by atoms with E-state index in [2.05, 4.69) is 5.32 Å². The van der Waals surface area contributed by atoms with Crippen LogP contribution in [-0.4, -0.2) is 22.3 Å². The first kappa shape index (κ1) is 15.2. The van der Waals surface area contributed by atoms with E-state index >= 15 is 0 Å². The zero-order valence-corrected chi connectivity index (χ0v) is 11.7. The van der Waals surface area contributed by atoms with E-state index in [0.29, 0.717) is 12.1 Å². The van der Waals surface area contributed by atoms with Crippen molar-refractivity contribution < 1.29 is 13.0 Å². The Morgan fingerprint density at radius 2 is 2.00 bits per heavy atom. The fraction of sp³-hybridized carbons (Fsp3) is 0.538. The average molecular weight is 275 g/mol. The van der Waals surface area contributed by atoms with Crippen molar-refractivity contribution in [1.82, 2.24) is 5.32 Å². The molecule has 102 valence electrons. The van der Waals surface area contributed by atoms with Crippen molar-refractivity contribution in [3.8, 4) is 0 Å². The second kappa shape index (κ2) is 6.95. The van der Waals surface area contributed by atoms with Crippen molar-refractivity contribution in [1.29, 1.82) is 0 Å². The van der Waals surface area contributed by atoms with Gasteiger partial charge < -0.3 is 5.32 Å². The highest BCUT2D eigenvalue weighted by Gasteiger charge is 2.14. The van der Waals surface area contributed by atoms with Gasteiger partial charge in [0.15, 0.2) is 11.6 Å². The summed E-state index contributed by atoms with van der Waals surface area (Å²) in [6.07, 6.45) is 2.41. The SMILES string of the molecule is CC(NCCC(C)S(C)=O)c1cccc(F)c1F. The van der Waals surface area contributed by atoms with Crippen LogP contribution in [0.1, 0.15) is 31.9 Å². The molecule has 0 aliphatic heterocycles. The van der Waals surface area contributed by atoms with Gasteiger partial charge in [-0.3, -0.25) is 4.21 Å². The van der Waals surface area contributed by atoms with E-state index in [4.69, 9.17) is 0 Å². The second-order valence-corrected chi connectivity index (χ2v) is 6.22. The molecule has 2 nitrogen and oxygen atoms in total. The molecule has 3 unspecified atom stereocenters. The molecule has 0 spiro atoms. The largest absolute Gasteiger partial charge is 0.310 e. The topological polar surface area (TPSA) is 29.1 Å². The monoisotopic (exact) mass is 275 g/mol. The Kier molecular flexibility index (Phi) is 5.88. The summed E-state index contributed by atoms with van der Waals surface area (Å²) < 4.78 is 37.7. The minimum absolute atomic E-state index is 0.0991. The average Bonchev–Trinajstić information content (AvgIpc) is 2.32. The van der Waals surface area contributed by atoms with E-state index < -0.39 is 22.4 Å². The summed E-state index contributed by atoms with van der Waals surface area (Å²) in [7, 11) is -0.852. The molecule has 0 saturated carbocycles. The molecule has 0 aliphatic rings. The van der Waals surface area contributed by atoms with Crippen molar-refractivity contribution in [3.05, 3.63) is 35.4 Å².